The number of amides is 1. The lowest BCUT2D eigenvalue weighted by atomic mass is 10.2. The van der Waals surface area contributed by atoms with Gasteiger partial charge in [-0.05, 0) is 30.5 Å². The third-order valence-electron chi connectivity index (χ3n) is 4.20. The van der Waals surface area contributed by atoms with Gasteiger partial charge in [0.2, 0.25) is 6.10 Å². The van der Waals surface area contributed by atoms with Gasteiger partial charge in [-0.1, -0.05) is 36.4 Å². The lowest BCUT2D eigenvalue weighted by Crippen LogP contribution is -2.34. The summed E-state index contributed by atoms with van der Waals surface area (Å²) in [6, 6.07) is 18.2. The molecule has 4 rings (SSSR count). The average molecular weight is 323 g/mol. The summed E-state index contributed by atoms with van der Waals surface area (Å²) in [5.74, 6) is 0.842. The van der Waals surface area contributed by atoms with Gasteiger partial charge in [0.05, 0.1) is 4.88 Å². The van der Waals surface area contributed by atoms with Crippen LogP contribution in [0.1, 0.15) is 23.5 Å². The number of para-hydroxylation sites is 1. The third kappa shape index (κ3) is 2.49. The summed E-state index contributed by atoms with van der Waals surface area (Å²) in [6.45, 7) is 3.29. The van der Waals surface area contributed by atoms with Gasteiger partial charge in [-0.3, -0.25) is 4.79 Å². The summed E-state index contributed by atoms with van der Waals surface area (Å²) in [6.07, 6.45) is -0.559. The van der Waals surface area contributed by atoms with E-state index < -0.39 is 6.10 Å². The van der Waals surface area contributed by atoms with Crippen molar-refractivity contribution in [3.8, 4) is 5.75 Å². The zero-order chi connectivity index (χ0) is 15.8. The van der Waals surface area contributed by atoms with Crippen molar-refractivity contribution in [3.05, 3.63) is 65.0 Å². The number of hydrogen-bond acceptors (Lipinski definition) is 3. The van der Waals surface area contributed by atoms with Crippen molar-refractivity contribution < 1.29 is 9.53 Å². The van der Waals surface area contributed by atoms with Crippen molar-refractivity contribution in [2.24, 2.45) is 0 Å². The van der Waals surface area contributed by atoms with E-state index in [-0.39, 0.29) is 5.91 Å². The molecule has 0 saturated carbocycles. The Balaban J connectivity index is 1.80. The number of thiophene rings is 1. The highest BCUT2D eigenvalue weighted by atomic mass is 32.1. The van der Waals surface area contributed by atoms with E-state index in [4.69, 9.17) is 4.74 Å². The fraction of sp³-hybridized carbons (Fsp3) is 0.211. The summed E-state index contributed by atoms with van der Waals surface area (Å²) in [7, 11) is 0. The Labute approximate surface area is 139 Å². The van der Waals surface area contributed by atoms with Crippen LogP contribution >= 0.6 is 11.3 Å². The van der Waals surface area contributed by atoms with E-state index in [0.717, 1.165) is 21.6 Å². The molecular weight excluding hydrogens is 306 g/mol. The molecule has 23 heavy (non-hydrogen) atoms. The molecule has 1 aliphatic heterocycles. The van der Waals surface area contributed by atoms with Crippen LogP contribution in [0, 0.1) is 0 Å². The predicted molar refractivity (Wildman–Crippen MR) is 92.7 cm³/mol. The van der Waals surface area contributed by atoms with Crippen LogP contribution in [0.3, 0.4) is 0 Å². The van der Waals surface area contributed by atoms with Gasteiger partial charge in [-0.25, -0.2) is 0 Å². The van der Waals surface area contributed by atoms with Gasteiger partial charge < -0.3 is 9.64 Å². The second-order valence-corrected chi connectivity index (χ2v) is 6.76. The maximum atomic E-state index is 12.9. The molecule has 3 aromatic rings. The first kappa shape index (κ1) is 14.3. The van der Waals surface area contributed by atoms with E-state index in [1.807, 2.05) is 48.2 Å². The maximum absolute atomic E-state index is 12.9. The number of hydrogen-bond donors (Lipinski definition) is 0. The van der Waals surface area contributed by atoms with Gasteiger partial charge in [0, 0.05) is 23.4 Å². The highest BCUT2D eigenvalue weighted by molar-refractivity contribution is 7.19. The van der Waals surface area contributed by atoms with E-state index in [0.29, 0.717) is 13.1 Å². The number of carbonyl (C=O) groups is 1. The SMILES string of the molecule is CCN1Cc2ccccc2OC(c2cc3ccccc3s2)C1=O. The van der Waals surface area contributed by atoms with Crippen molar-refractivity contribution in [3.63, 3.8) is 0 Å². The van der Waals surface area contributed by atoms with E-state index in [9.17, 15) is 4.79 Å². The Morgan fingerprint density at radius 1 is 1.17 bits per heavy atom. The quantitative estimate of drug-likeness (QED) is 0.700. The Morgan fingerprint density at radius 2 is 1.96 bits per heavy atom. The maximum Gasteiger partial charge on any atom is 0.269 e. The molecule has 1 aliphatic rings. The lowest BCUT2D eigenvalue weighted by Gasteiger charge is -2.21. The number of ether oxygens (including phenoxy) is 1. The Morgan fingerprint density at radius 3 is 2.78 bits per heavy atom. The van der Waals surface area contributed by atoms with Gasteiger partial charge in [0.25, 0.3) is 5.91 Å². The van der Waals surface area contributed by atoms with Crippen LogP contribution in [-0.4, -0.2) is 17.4 Å². The third-order valence-corrected chi connectivity index (χ3v) is 5.36. The zero-order valence-corrected chi connectivity index (χ0v) is 13.7. The van der Waals surface area contributed by atoms with E-state index >= 15 is 0 Å². The minimum absolute atomic E-state index is 0.0373. The van der Waals surface area contributed by atoms with Crippen LogP contribution in [-0.2, 0) is 11.3 Å². The summed E-state index contributed by atoms with van der Waals surface area (Å²) in [5, 5.41) is 1.16. The Hall–Kier alpha value is -2.33. The molecule has 3 nitrogen and oxygen atoms in total. The monoisotopic (exact) mass is 323 g/mol. The number of rotatable bonds is 2. The minimum Gasteiger partial charge on any atom is -0.475 e. The molecule has 1 unspecified atom stereocenters. The molecule has 2 aromatic carbocycles. The van der Waals surface area contributed by atoms with E-state index in [2.05, 4.69) is 18.2 Å². The van der Waals surface area contributed by atoms with Crippen molar-refractivity contribution >= 4 is 27.3 Å². The molecule has 0 saturated heterocycles. The zero-order valence-electron chi connectivity index (χ0n) is 12.9. The topological polar surface area (TPSA) is 29.5 Å². The van der Waals surface area contributed by atoms with Crippen LogP contribution in [0.15, 0.2) is 54.6 Å². The first-order valence-corrected chi connectivity index (χ1v) is 8.59. The van der Waals surface area contributed by atoms with Gasteiger partial charge in [0.1, 0.15) is 5.75 Å². The molecule has 0 fully saturated rings. The molecule has 0 N–H and O–H groups in total. The largest absolute Gasteiger partial charge is 0.475 e. The van der Waals surface area contributed by atoms with Gasteiger partial charge >= 0.3 is 0 Å². The van der Waals surface area contributed by atoms with Crippen molar-refractivity contribution in [2.45, 2.75) is 19.6 Å². The van der Waals surface area contributed by atoms with E-state index in [1.54, 1.807) is 11.3 Å². The molecule has 0 spiro atoms. The number of benzene rings is 2. The smallest absolute Gasteiger partial charge is 0.269 e. The molecule has 2 heterocycles. The van der Waals surface area contributed by atoms with Crippen LogP contribution in [0.2, 0.25) is 0 Å². The molecule has 1 atom stereocenters. The molecule has 116 valence electrons. The molecule has 0 bridgehead atoms. The molecular formula is C19H17NO2S. The summed E-state index contributed by atoms with van der Waals surface area (Å²) in [5.41, 5.74) is 1.06. The number of nitrogens with zero attached hydrogens (tertiary/aromatic N) is 1. The minimum atomic E-state index is -0.559. The Bertz CT molecular complexity index is 837. The first-order valence-electron chi connectivity index (χ1n) is 7.78. The second-order valence-electron chi connectivity index (χ2n) is 5.64. The number of carbonyl (C=O) groups excluding carboxylic acids is 1. The first-order chi connectivity index (χ1) is 11.3. The highest BCUT2D eigenvalue weighted by Gasteiger charge is 2.32. The van der Waals surface area contributed by atoms with Crippen LogP contribution in [0.25, 0.3) is 10.1 Å². The Kier molecular flexibility index (Phi) is 3.54. The second kappa shape index (κ2) is 5.70. The summed E-state index contributed by atoms with van der Waals surface area (Å²) in [4.78, 5) is 15.8. The molecule has 4 heteroatoms. The fourth-order valence-corrected chi connectivity index (χ4v) is 4.04. The van der Waals surface area contributed by atoms with Crippen LogP contribution in [0.5, 0.6) is 5.75 Å². The molecule has 1 amide bonds. The van der Waals surface area contributed by atoms with Gasteiger partial charge in [0.15, 0.2) is 0 Å². The highest BCUT2D eigenvalue weighted by Crippen LogP contribution is 2.36. The molecule has 1 aromatic heterocycles. The summed E-state index contributed by atoms with van der Waals surface area (Å²) < 4.78 is 7.32. The van der Waals surface area contributed by atoms with E-state index in [1.165, 1.54) is 4.70 Å². The average Bonchev–Trinajstić information content (AvgIpc) is 2.95. The normalized spacial score (nSPS) is 17.7. The van der Waals surface area contributed by atoms with Crippen LogP contribution in [0.4, 0.5) is 0 Å². The standard InChI is InChI=1S/C19H17NO2S/c1-2-20-12-14-8-3-5-9-15(14)22-18(19(20)21)17-11-13-7-4-6-10-16(13)23-17/h3-11,18H,2,12H2,1H3. The van der Waals surface area contributed by atoms with Gasteiger partial charge in [-0.2, -0.15) is 0 Å². The predicted octanol–water partition coefficient (Wildman–Crippen LogP) is 4.38. The van der Waals surface area contributed by atoms with Crippen LogP contribution < -0.4 is 4.74 Å². The van der Waals surface area contributed by atoms with Crippen molar-refractivity contribution in [1.29, 1.82) is 0 Å². The van der Waals surface area contributed by atoms with Crippen molar-refractivity contribution in [1.82, 2.24) is 4.90 Å². The fourth-order valence-electron chi connectivity index (χ4n) is 2.96. The number of fused-ring (bicyclic) bond motifs is 2. The van der Waals surface area contributed by atoms with Crippen molar-refractivity contribution in [2.75, 3.05) is 6.54 Å². The van der Waals surface area contributed by atoms with Gasteiger partial charge in [-0.15, -0.1) is 11.3 Å². The summed E-state index contributed by atoms with van der Waals surface area (Å²) >= 11 is 1.63. The lowest BCUT2D eigenvalue weighted by molar-refractivity contribution is -0.138. The number of likely N-dealkylation sites (N-methyl/N-ethyl adjacent to an activating group) is 1. The molecule has 0 aliphatic carbocycles. The molecule has 0 radical (unpaired) electrons.